The number of amides is 1. The Bertz CT molecular complexity index is 939. The maximum atomic E-state index is 12.9. The molecule has 0 aliphatic carbocycles. The number of rotatable bonds is 4. The third-order valence-electron chi connectivity index (χ3n) is 5.12. The van der Waals surface area contributed by atoms with Crippen LogP contribution in [0.5, 0.6) is 0 Å². The summed E-state index contributed by atoms with van der Waals surface area (Å²) in [6.45, 7) is 6.38. The number of aromatic nitrogens is 2. The standard InChI is InChI=1S/C22H24N4OS/c1-16-8-10-19(11-9-16)21(27)26-13-12-25(15-17(26)2)22-23-20(24-28-22)14-18-6-4-3-5-7-18/h3-11,17H,12-15H2,1-2H3/t17-/m0/s1. The molecule has 0 unspecified atom stereocenters. The Morgan fingerprint density at radius 2 is 1.86 bits per heavy atom. The van der Waals surface area contributed by atoms with E-state index in [2.05, 4.69) is 28.3 Å². The molecule has 144 valence electrons. The maximum absolute atomic E-state index is 12.9. The van der Waals surface area contributed by atoms with Gasteiger partial charge in [-0.3, -0.25) is 4.79 Å². The molecular formula is C22H24N4OS. The maximum Gasteiger partial charge on any atom is 0.254 e. The minimum absolute atomic E-state index is 0.106. The highest BCUT2D eigenvalue weighted by molar-refractivity contribution is 7.09. The molecule has 0 N–H and O–H groups in total. The Hall–Kier alpha value is -2.73. The quantitative estimate of drug-likeness (QED) is 0.678. The first-order valence-corrected chi connectivity index (χ1v) is 10.4. The summed E-state index contributed by atoms with van der Waals surface area (Å²) in [4.78, 5) is 21.8. The minimum atomic E-state index is 0.106. The summed E-state index contributed by atoms with van der Waals surface area (Å²) < 4.78 is 4.53. The number of piperazine rings is 1. The SMILES string of the molecule is Cc1ccc(C(=O)N2CCN(c3nc(Cc4ccccc4)ns3)C[C@@H]2C)cc1. The number of nitrogens with zero attached hydrogens (tertiary/aromatic N) is 4. The molecule has 3 aromatic rings. The fourth-order valence-corrected chi connectivity index (χ4v) is 4.24. The third-order valence-corrected chi connectivity index (χ3v) is 5.93. The molecule has 0 radical (unpaired) electrons. The summed E-state index contributed by atoms with van der Waals surface area (Å²) in [5.74, 6) is 0.964. The smallest absolute Gasteiger partial charge is 0.254 e. The number of benzene rings is 2. The Balaban J connectivity index is 1.40. The van der Waals surface area contributed by atoms with E-state index in [1.54, 1.807) is 0 Å². The first-order chi connectivity index (χ1) is 13.6. The van der Waals surface area contributed by atoms with Crippen LogP contribution in [0.2, 0.25) is 0 Å². The van der Waals surface area contributed by atoms with Crippen LogP contribution in [0.3, 0.4) is 0 Å². The molecule has 4 rings (SSSR count). The lowest BCUT2D eigenvalue weighted by molar-refractivity contribution is 0.0674. The number of aryl methyl sites for hydroxylation is 1. The average Bonchev–Trinajstić information content (AvgIpc) is 3.17. The average molecular weight is 393 g/mol. The van der Waals surface area contributed by atoms with E-state index in [9.17, 15) is 4.79 Å². The number of carbonyl (C=O) groups excluding carboxylic acids is 1. The zero-order valence-corrected chi connectivity index (χ0v) is 17.0. The van der Waals surface area contributed by atoms with Crippen molar-refractivity contribution in [1.82, 2.24) is 14.3 Å². The molecule has 1 aromatic heterocycles. The zero-order valence-electron chi connectivity index (χ0n) is 16.2. The van der Waals surface area contributed by atoms with E-state index in [-0.39, 0.29) is 11.9 Å². The van der Waals surface area contributed by atoms with Gasteiger partial charge in [-0.25, -0.2) is 4.98 Å². The van der Waals surface area contributed by atoms with Crippen LogP contribution in [0.4, 0.5) is 5.13 Å². The van der Waals surface area contributed by atoms with Gasteiger partial charge in [0, 0.05) is 49.2 Å². The van der Waals surface area contributed by atoms with E-state index in [0.717, 1.165) is 41.6 Å². The van der Waals surface area contributed by atoms with Gasteiger partial charge in [-0.05, 0) is 31.5 Å². The molecule has 1 amide bonds. The molecule has 2 aromatic carbocycles. The molecule has 5 nitrogen and oxygen atoms in total. The second-order valence-electron chi connectivity index (χ2n) is 7.32. The Morgan fingerprint density at radius 3 is 2.57 bits per heavy atom. The molecule has 6 heteroatoms. The minimum Gasteiger partial charge on any atom is -0.343 e. The van der Waals surface area contributed by atoms with Gasteiger partial charge >= 0.3 is 0 Å². The summed E-state index contributed by atoms with van der Waals surface area (Å²) in [5.41, 5.74) is 3.14. The van der Waals surface area contributed by atoms with Crippen LogP contribution in [0.1, 0.15) is 34.2 Å². The van der Waals surface area contributed by atoms with Gasteiger partial charge in [0.25, 0.3) is 5.91 Å². The van der Waals surface area contributed by atoms with Crippen molar-refractivity contribution in [2.75, 3.05) is 24.5 Å². The van der Waals surface area contributed by atoms with E-state index in [0.29, 0.717) is 6.54 Å². The monoisotopic (exact) mass is 392 g/mol. The molecule has 1 atom stereocenters. The third kappa shape index (κ3) is 4.07. The first kappa shape index (κ1) is 18.6. The molecule has 0 bridgehead atoms. The molecule has 2 heterocycles. The molecule has 0 saturated carbocycles. The second kappa shape index (κ2) is 8.10. The summed E-state index contributed by atoms with van der Waals surface area (Å²) in [6, 6.07) is 18.2. The van der Waals surface area contributed by atoms with E-state index >= 15 is 0 Å². The van der Waals surface area contributed by atoms with Gasteiger partial charge in [-0.1, -0.05) is 48.0 Å². The molecule has 28 heavy (non-hydrogen) atoms. The lowest BCUT2D eigenvalue weighted by Gasteiger charge is -2.39. The van der Waals surface area contributed by atoms with Crippen LogP contribution in [0.25, 0.3) is 0 Å². The number of hydrogen-bond acceptors (Lipinski definition) is 5. The lowest BCUT2D eigenvalue weighted by atomic mass is 10.1. The van der Waals surface area contributed by atoms with Gasteiger partial charge < -0.3 is 9.80 Å². The summed E-state index contributed by atoms with van der Waals surface area (Å²) in [5, 5.41) is 0.945. The van der Waals surface area contributed by atoms with Crippen LogP contribution in [-0.2, 0) is 6.42 Å². The van der Waals surface area contributed by atoms with Gasteiger partial charge in [0.2, 0.25) is 5.13 Å². The number of carbonyl (C=O) groups is 1. The molecule has 1 saturated heterocycles. The summed E-state index contributed by atoms with van der Waals surface area (Å²) in [7, 11) is 0. The highest BCUT2D eigenvalue weighted by atomic mass is 32.1. The molecule has 1 aliphatic rings. The molecule has 1 fully saturated rings. The molecule has 0 spiro atoms. The van der Waals surface area contributed by atoms with Crippen LogP contribution < -0.4 is 4.90 Å². The highest BCUT2D eigenvalue weighted by Crippen LogP contribution is 2.23. The highest BCUT2D eigenvalue weighted by Gasteiger charge is 2.29. The topological polar surface area (TPSA) is 49.3 Å². The summed E-state index contributed by atoms with van der Waals surface area (Å²) >= 11 is 1.45. The Kier molecular flexibility index (Phi) is 5.39. The zero-order chi connectivity index (χ0) is 19.5. The van der Waals surface area contributed by atoms with Crippen molar-refractivity contribution in [1.29, 1.82) is 0 Å². The normalized spacial score (nSPS) is 17.0. The van der Waals surface area contributed by atoms with Crippen molar-refractivity contribution in [2.24, 2.45) is 0 Å². The Morgan fingerprint density at radius 1 is 1.11 bits per heavy atom. The van der Waals surface area contributed by atoms with Crippen molar-refractivity contribution >= 4 is 22.6 Å². The predicted octanol–water partition coefficient (Wildman–Crippen LogP) is 3.79. The second-order valence-corrected chi connectivity index (χ2v) is 8.05. The van der Waals surface area contributed by atoms with Gasteiger partial charge in [-0.2, -0.15) is 4.37 Å². The van der Waals surface area contributed by atoms with Crippen LogP contribution >= 0.6 is 11.5 Å². The van der Waals surface area contributed by atoms with Crippen LogP contribution in [0, 0.1) is 6.92 Å². The van der Waals surface area contributed by atoms with E-state index in [1.165, 1.54) is 17.1 Å². The fraction of sp³-hybridized carbons (Fsp3) is 0.318. The fourth-order valence-electron chi connectivity index (χ4n) is 3.52. The van der Waals surface area contributed by atoms with E-state index < -0.39 is 0 Å². The van der Waals surface area contributed by atoms with Gasteiger partial charge in [0.1, 0.15) is 5.82 Å². The number of anilines is 1. The van der Waals surface area contributed by atoms with Crippen LogP contribution in [-0.4, -0.2) is 45.8 Å². The van der Waals surface area contributed by atoms with Crippen molar-refractivity contribution in [3.8, 4) is 0 Å². The summed E-state index contributed by atoms with van der Waals surface area (Å²) in [6.07, 6.45) is 0.749. The predicted molar refractivity (Wildman–Crippen MR) is 113 cm³/mol. The molecular weight excluding hydrogens is 368 g/mol. The van der Waals surface area contributed by atoms with Crippen molar-refractivity contribution in [2.45, 2.75) is 26.3 Å². The number of hydrogen-bond donors (Lipinski definition) is 0. The van der Waals surface area contributed by atoms with Crippen molar-refractivity contribution < 1.29 is 4.79 Å². The first-order valence-electron chi connectivity index (χ1n) is 9.59. The van der Waals surface area contributed by atoms with E-state index in [1.807, 2.05) is 54.3 Å². The van der Waals surface area contributed by atoms with Gasteiger partial charge in [-0.15, -0.1) is 0 Å². The molecule has 1 aliphatic heterocycles. The largest absolute Gasteiger partial charge is 0.343 e. The van der Waals surface area contributed by atoms with Crippen molar-refractivity contribution in [3.63, 3.8) is 0 Å². The Labute approximate surface area is 169 Å². The van der Waals surface area contributed by atoms with Crippen LogP contribution in [0.15, 0.2) is 54.6 Å². The van der Waals surface area contributed by atoms with Gasteiger partial charge in [0.15, 0.2) is 0 Å². The van der Waals surface area contributed by atoms with Gasteiger partial charge in [0.05, 0.1) is 0 Å². The lowest BCUT2D eigenvalue weighted by Crippen LogP contribution is -2.54. The van der Waals surface area contributed by atoms with E-state index in [4.69, 9.17) is 4.98 Å². The van der Waals surface area contributed by atoms with Crippen molar-refractivity contribution in [3.05, 3.63) is 77.1 Å².